The second-order valence-corrected chi connectivity index (χ2v) is 6.58. The van der Waals surface area contributed by atoms with Crippen molar-refractivity contribution in [3.8, 4) is 0 Å². The zero-order valence-corrected chi connectivity index (χ0v) is 12.8. The topological polar surface area (TPSA) is 58.6 Å². The maximum absolute atomic E-state index is 12.7. The number of hydrogen-bond acceptors (Lipinski definition) is 3. The molecular formula is C16H26N2O3. The van der Waals surface area contributed by atoms with E-state index in [1.807, 2.05) is 4.90 Å². The quantitative estimate of drug-likeness (QED) is 0.807. The number of piperazine rings is 1. The van der Waals surface area contributed by atoms with Crippen molar-refractivity contribution in [3.63, 3.8) is 0 Å². The fraction of sp³-hybridized carbons (Fsp3) is 0.875. The molecule has 0 aromatic carbocycles. The molecule has 0 spiro atoms. The molecule has 0 bridgehead atoms. The highest BCUT2D eigenvalue weighted by molar-refractivity contribution is 5.97. The van der Waals surface area contributed by atoms with Crippen LogP contribution in [0.4, 0.5) is 0 Å². The number of amides is 2. The van der Waals surface area contributed by atoms with Gasteiger partial charge in [0.25, 0.3) is 0 Å². The molecule has 5 heteroatoms. The highest BCUT2D eigenvalue weighted by Gasteiger charge is 2.46. The highest BCUT2D eigenvalue weighted by Crippen LogP contribution is 2.35. The molecule has 2 aliphatic heterocycles. The summed E-state index contributed by atoms with van der Waals surface area (Å²) in [7, 11) is 0. The number of carbonyl (C=O) groups excluding carboxylic acids is 2. The van der Waals surface area contributed by atoms with Gasteiger partial charge in [0.2, 0.25) is 11.8 Å². The summed E-state index contributed by atoms with van der Waals surface area (Å²) in [5, 5.41) is 2.96. The Labute approximate surface area is 126 Å². The van der Waals surface area contributed by atoms with Crippen molar-refractivity contribution >= 4 is 11.8 Å². The minimum Gasteiger partial charge on any atom is -0.378 e. The van der Waals surface area contributed by atoms with Gasteiger partial charge in [0.1, 0.15) is 12.1 Å². The fourth-order valence-electron chi connectivity index (χ4n) is 3.52. The zero-order valence-electron chi connectivity index (χ0n) is 12.8. The first-order valence-corrected chi connectivity index (χ1v) is 8.43. The molecule has 3 rings (SSSR count). The van der Waals surface area contributed by atoms with Crippen LogP contribution in [0.1, 0.15) is 51.9 Å². The predicted octanol–water partition coefficient (Wildman–Crippen LogP) is 1.46. The Kier molecular flexibility index (Phi) is 4.48. The van der Waals surface area contributed by atoms with Crippen molar-refractivity contribution in [2.24, 2.45) is 5.92 Å². The Morgan fingerprint density at radius 1 is 1.24 bits per heavy atom. The van der Waals surface area contributed by atoms with Crippen LogP contribution in [0.15, 0.2) is 0 Å². The first-order valence-electron chi connectivity index (χ1n) is 8.43. The van der Waals surface area contributed by atoms with Crippen molar-refractivity contribution in [1.29, 1.82) is 0 Å². The standard InChI is InChI=1S/C16H26N2O3/c1-2-4-13-15(19)17-14(11-6-7-11)16(20)18(13)9-8-12-5-3-10-21-12/h11-14H,2-10H2,1H3,(H,17,19). The predicted molar refractivity (Wildman–Crippen MR) is 78.7 cm³/mol. The van der Waals surface area contributed by atoms with E-state index in [0.29, 0.717) is 12.5 Å². The number of rotatable bonds is 6. The molecule has 1 saturated carbocycles. The zero-order chi connectivity index (χ0) is 14.8. The van der Waals surface area contributed by atoms with Crippen LogP contribution in [0.2, 0.25) is 0 Å². The third-order valence-corrected chi connectivity index (χ3v) is 4.90. The second-order valence-electron chi connectivity index (χ2n) is 6.58. The van der Waals surface area contributed by atoms with Crippen LogP contribution in [-0.4, -0.2) is 48.1 Å². The van der Waals surface area contributed by atoms with Gasteiger partial charge in [-0.3, -0.25) is 9.59 Å². The number of carbonyl (C=O) groups is 2. The van der Waals surface area contributed by atoms with Gasteiger partial charge in [0.05, 0.1) is 6.10 Å². The lowest BCUT2D eigenvalue weighted by molar-refractivity contribution is -0.150. The average molecular weight is 294 g/mol. The lowest BCUT2D eigenvalue weighted by Crippen LogP contribution is -2.64. The smallest absolute Gasteiger partial charge is 0.246 e. The van der Waals surface area contributed by atoms with E-state index in [-0.39, 0.29) is 30.0 Å². The van der Waals surface area contributed by atoms with Crippen LogP contribution in [0, 0.1) is 5.92 Å². The number of hydrogen-bond donors (Lipinski definition) is 1. The molecule has 3 aliphatic rings. The van der Waals surface area contributed by atoms with Crippen LogP contribution in [0.3, 0.4) is 0 Å². The number of ether oxygens (including phenoxy) is 1. The van der Waals surface area contributed by atoms with Crippen molar-refractivity contribution < 1.29 is 14.3 Å². The van der Waals surface area contributed by atoms with Gasteiger partial charge in [-0.25, -0.2) is 0 Å². The van der Waals surface area contributed by atoms with Crippen LogP contribution >= 0.6 is 0 Å². The van der Waals surface area contributed by atoms with Crippen LogP contribution < -0.4 is 5.32 Å². The van der Waals surface area contributed by atoms with Gasteiger partial charge in [0.15, 0.2) is 0 Å². The van der Waals surface area contributed by atoms with Crippen molar-refractivity contribution in [2.75, 3.05) is 13.2 Å². The Balaban J connectivity index is 1.66. The summed E-state index contributed by atoms with van der Waals surface area (Å²) >= 11 is 0. The molecule has 2 amide bonds. The summed E-state index contributed by atoms with van der Waals surface area (Å²) in [6, 6.07) is -0.547. The van der Waals surface area contributed by atoms with Gasteiger partial charge in [-0.05, 0) is 44.4 Å². The van der Waals surface area contributed by atoms with E-state index in [1.165, 1.54) is 0 Å². The first kappa shape index (κ1) is 14.8. The van der Waals surface area contributed by atoms with Crippen LogP contribution in [-0.2, 0) is 14.3 Å². The third-order valence-electron chi connectivity index (χ3n) is 4.90. The molecule has 3 atom stereocenters. The van der Waals surface area contributed by atoms with Crippen molar-refractivity contribution in [1.82, 2.24) is 10.2 Å². The lowest BCUT2D eigenvalue weighted by Gasteiger charge is -2.39. The molecule has 1 aliphatic carbocycles. The summed E-state index contributed by atoms with van der Waals surface area (Å²) < 4.78 is 5.65. The Morgan fingerprint density at radius 2 is 2.05 bits per heavy atom. The lowest BCUT2D eigenvalue weighted by atomic mass is 9.99. The Morgan fingerprint density at radius 3 is 2.67 bits per heavy atom. The van der Waals surface area contributed by atoms with E-state index in [4.69, 9.17) is 4.74 Å². The van der Waals surface area contributed by atoms with E-state index < -0.39 is 0 Å². The summed E-state index contributed by atoms with van der Waals surface area (Å²) in [5.74, 6) is 0.545. The molecule has 3 fully saturated rings. The van der Waals surface area contributed by atoms with Gasteiger partial charge in [-0.15, -0.1) is 0 Å². The van der Waals surface area contributed by atoms with Crippen LogP contribution in [0.25, 0.3) is 0 Å². The van der Waals surface area contributed by atoms with Gasteiger partial charge < -0.3 is 15.0 Å². The molecular weight excluding hydrogens is 268 g/mol. The fourth-order valence-corrected chi connectivity index (χ4v) is 3.52. The minimum absolute atomic E-state index is 0.0423. The number of nitrogens with one attached hydrogen (secondary N) is 1. The summed E-state index contributed by atoms with van der Waals surface area (Å²) in [6.45, 7) is 3.55. The highest BCUT2D eigenvalue weighted by atomic mass is 16.5. The minimum atomic E-state index is -0.279. The second kappa shape index (κ2) is 6.34. The SMILES string of the molecule is CCCC1C(=O)NC(C2CC2)C(=O)N1CCC1CCCO1. The van der Waals surface area contributed by atoms with Gasteiger partial charge >= 0.3 is 0 Å². The van der Waals surface area contributed by atoms with Gasteiger partial charge in [0, 0.05) is 13.2 Å². The molecule has 5 nitrogen and oxygen atoms in total. The van der Waals surface area contributed by atoms with Crippen molar-refractivity contribution in [3.05, 3.63) is 0 Å². The summed E-state index contributed by atoms with van der Waals surface area (Å²) in [5.41, 5.74) is 0. The molecule has 0 radical (unpaired) electrons. The van der Waals surface area contributed by atoms with Crippen molar-refractivity contribution in [2.45, 2.75) is 70.1 Å². The molecule has 0 aromatic heterocycles. The monoisotopic (exact) mass is 294 g/mol. The maximum atomic E-state index is 12.7. The largest absolute Gasteiger partial charge is 0.378 e. The van der Waals surface area contributed by atoms with Gasteiger partial charge in [-0.1, -0.05) is 13.3 Å². The third kappa shape index (κ3) is 3.23. The molecule has 21 heavy (non-hydrogen) atoms. The summed E-state index contributed by atoms with van der Waals surface area (Å²) in [6.07, 6.45) is 7.11. The van der Waals surface area contributed by atoms with E-state index in [0.717, 1.165) is 51.6 Å². The van der Waals surface area contributed by atoms with Gasteiger partial charge in [-0.2, -0.15) is 0 Å². The molecule has 3 unspecified atom stereocenters. The molecule has 0 aromatic rings. The summed E-state index contributed by atoms with van der Waals surface area (Å²) in [4.78, 5) is 26.9. The number of nitrogens with zero attached hydrogens (tertiary/aromatic N) is 1. The normalized spacial score (nSPS) is 33.4. The molecule has 2 heterocycles. The average Bonchev–Trinajstić information content (AvgIpc) is 3.18. The maximum Gasteiger partial charge on any atom is 0.246 e. The Bertz CT molecular complexity index is 402. The van der Waals surface area contributed by atoms with Crippen LogP contribution in [0.5, 0.6) is 0 Å². The first-order chi connectivity index (χ1) is 10.2. The van der Waals surface area contributed by atoms with E-state index >= 15 is 0 Å². The van der Waals surface area contributed by atoms with E-state index in [9.17, 15) is 9.59 Å². The van der Waals surface area contributed by atoms with E-state index in [1.54, 1.807) is 0 Å². The molecule has 2 saturated heterocycles. The Hall–Kier alpha value is -1.10. The molecule has 1 N–H and O–H groups in total. The molecule has 118 valence electrons. The van der Waals surface area contributed by atoms with E-state index in [2.05, 4.69) is 12.2 Å².